The number of rotatable bonds is 2. The molecular weight excluding hydrogens is 222 g/mol. The standard InChI is InChI=1S/C16H23NO/c1-11-6-9-15(17-11)13-8-7-12-4-3-5-16(18-2)14(12)10-13/h3-5,11,13,15,17H,6-10H2,1-2H3/t11-,13?,15-/m1/s1. The van der Waals surface area contributed by atoms with Gasteiger partial charge in [0.2, 0.25) is 0 Å². The van der Waals surface area contributed by atoms with Crippen LogP contribution in [-0.2, 0) is 12.8 Å². The van der Waals surface area contributed by atoms with Gasteiger partial charge in [-0.05, 0) is 62.1 Å². The van der Waals surface area contributed by atoms with Crippen LogP contribution in [0.2, 0.25) is 0 Å². The fraction of sp³-hybridized carbons (Fsp3) is 0.625. The summed E-state index contributed by atoms with van der Waals surface area (Å²) in [6.07, 6.45) is 6.40. The second-order valence-corrected chi connectivity index (χ2v) is 5.85. The van der Waals surface area contributed by atoms with Crippen molar-refractivity contribution in [3.8, 4) is 5.75 Å². The lowest BCUT2D eigenvalue weighted by molar-refractivity contribution is 0.331. The van der Waals surface area contributed by atoms with Crippen molar-refractivity contribution in [1.29, 1.82) is 0 Å². The van der Waals surface area contributed by atoms with Gasteiger partial charge in [-0.15, -0.1) is 0 Å². The highest BCUT2D eigenvalue weighted by Crippen LogP contribution is 2.35. The van der Waals surface area contributed by atoms with E-state index in [1.54, 1.807) is 7.11 Å². The highest BCUT2D eigenvalue weighted by molar-refractivity contribution is 5.42. The van der Waals surface area contributed by atoms with Crippen LogP contribution in [0.1, 0.15) is 37.3 Å². The first-order valence-electron chi connectivity index (χ1n) is 7.18. The smallest absolute Gasteiger partial charge is 0.122 e. The summed E-state index contributed by atoms with van der Waals surface area (Å²) in [6, 6.07) is 7.91. The average molecular weight is 245 g/mol. The molecule has 18 heavy (non-hydrogen) atoms. The maximum atomic E-state index is 5.52. The number of nitrogens with one attached hydrogen (secondary N) is 1. The zero-order valence-corrected chi connectivity index (χ0v) is 11.4. The molecule has 0 amide bonds. The molecule has 1 aliphatic carbocycles. The van der Waals surface area contributed by atoms with Gasteiger partial charge in [0.25, 0.3) is 0 Å². The first-order valence-corrected chi connectivity index (χ1v) is 7.18. The summed E-state index contributed by atoms with van der Waals surface area (Å²) in [5.74, 6) is 1.88. The molecule has 3 rings (SSSR count). The van der Waals surface area contributed by atoms with Crippen LogP contribution in [-0.4, -0.2) is 19.2 Å². The van der Waals surface area contributed by atoms with Crippen LogP contribution in [0.3, 0.4) is 0 Å². The van der Waals surface area contributed by atoms with E-state index in [2.05, 4.69) is 30.4 Å². The van der Waals surface area contributed by atoms with Gasteiger partial charge in [-0.3, -0.25) is 0 Å². The Morgan fingerprint density at radius 2 is 2.11 bits per heavy atom. The van der Waals surface area contributed by atoms with Gasteiger partial charge >= 0.3 is 0 Å². The van der Waals surface area contributed by atoms with Gasteiger partial charge in [-0.2, -0.15) is 0 Å². The summed E-state index contributed by atoms with van der Waals surface area (Å²) >= 11 is 0. The van der Waals surface area contributed by atoms with Crippen molar-refractivity contribution in [1.82, 2.24) is 5.32 Å². The molecule has 3 atom stereocenters. The average Bonchev–Trinajstić information content (AvgIpc) is 2.84. The molecule has 1 aromatic rings. The number of methoxy groups -OCH3 is 1. The SMILES string of the molecule is COc1cccc2c1CC([C@H]1CC[C@@H](C)N1)CC2. The molecule has 1 heterocycles. The van der Waals surface area contributed by atoms with E-state index in [1.807, 2.05) is 0 Å². The summed E-state index contributed by atoms with van der Waals surface area (Å²) in [5, 5.41) is 3.75. The van der Waals surface area contributed by atoms with E-state index in [4.69, 9.17) is 4.74 Å². The lowest BCUT2D eigenvalue weighted by Crippen LogP contribution is -2.36. The molecule has 0 radical (unpaired) electrons. The Labute approximate surface area is 110 Å². The summed E-state index contributed by atoms with van der Waals surface area (Å²) < 4.78 is 5.52. The zero-order valence-electron chi connectivity index (χ0n) is 11.4. The van der Waals surface area contributed by atoms with Crippen molar-refractivity contribution in [2.75, 3.05) is 7.11 Å². The van der Waals surface area contributed by atoms with E-state index in [1.165, 1.54) is 43.2 Å². The molecule has 1 fully saturated rings. The number of ether oxygens (including phenoxy) is 1. The predicted molar refractivity (Wildman–Crippen MR) is 74.1 cm³/mol. The van der Waals surface area contributed by atoms with Crippen LogP contribution in [0.15, 0.2) is 18.2 Å². The third kappa shape index (κ3) is 2.14. The van der Waals surface area contributed by atoms with Gasteiger partial charge in [0.1, 0.15) is 5.75 Å². The van der Waals surface area contributed by atoms with Gasteiger partial charge in [0.15, 0.2) is 0 Å². The fourth-order valence-corrected chi connectivity index (χ4v) is 3.65. The summed E-state index contributed by atoms with van der Waals surface area (Å²) in [6.45, 7) is 2.30. The molecule has 1 N–H and O–H groups in total. The van der Waals surface area contributed by atoms with E-state index in [0.717, 1.165) is 17.7 Å². The number of benzene rings is 1. The predicted octanol–water partition coefficient (Wildman–Crippen LogP) is 2.94. The Kier molecular flexibility index (Phi) is 3.29. The molecule has 2 nitrogen and oxygen atoms in total. The highest BCUT2D eigenvalue weighted by Gasteiger charge is 2.31. The summed E-state index contributed by atoms with van der Waals surface area (Å²) in [7, 11) is 1.79. The minimum absolute atomic E-state index is 0.703. The minimum Gasteiger partial charge on any atom is -0.496 e. The molecule has 2 aliphatic rings. The van der Waals surface area contributed by atoms with E-state index in [-0.39, 0.29) is 0 Å². The molecule has 1 aromatic carbocycles. The molecular formula is C16H23NO. The van der Waals surface area contributed by atoms with Gasteiger partial charge < -0.3 is 10.1 Å². The molecule has 2 heteroatoms. The number of hydrogen-bond donors (Lipinski definition) is 1. The van der Waals surface area contributed by atoms with E-state index < -0.39 is 0 Å². The Hall–Kier alpha value is -1.02. The first kappa shape index (κ1) is 12.0. The topological polar surface area (TPSA) is 21.3 Å². The number of aryl methyl sites for hydroxylation is 1. The van der Waals surface area contributed by atoms with Crippen LogP contribution in [0.5, 0.6) is 5.75 Å². The third-order valence-electron chi connectivity index (χ3n) is 4.68. The lowest BCUT2D eigenvalue weighted by atomic mass is 9.79. The first-order chi connectivity index (χ1) is 8.78. The van der Waals surface area contributed by atoms with Gasteiger partial charge in [0, 0.05) is 12.1 Å². The van der Waals surface area contributed by atoms with Gasteiger partial charge in [-0.1, -0.05) is 12.1 Å². The van der Waals surface area contributed by atoms with Crippen molar-refractivity contribution >= 4 is 0 Å². The molecule has 1 aliphatic heterocycles. The number of hydrogen-bond acceptors (Lipinski definition) is 2. The monoisotopic (exact) mass is 245 g/mol. The van der Waals surface area contributed by atoms with E-state index in [9.17, 15) is 0 Å². The Bertz CT molecular complexity index is 415. The molecule has 1 saturated heterocycles. The van der Waals surface area contributed by atoms with Crippen LogP contribution in [0.25, 0.3) is 0 Å². The molecule has 98 valence electrons. The molecule has 0 spiro atoms. The molecule has 0 aromatic heterocycles. The van der Waals surface area contributed by atoms with Crippen molar-refractivity contribution in [2.24, 2.45) is 5.92 Å². The Morgan fingerprint density at radius 1 is 1.22 bits per heavy atom. The Morgan fingerprint density at radius 3 is 2.83 bits per heavy atom. The van der Waals surface area contributed by atoms with E-state index >= 15 is 0 Å². The maximum absolute atomic E-state index is 5.52. The minimum atomic E-state index is 0.703. The van der Waals surface area contributed by atoms with Crippen LogP contribution in [0, 0.1) is 5.92 Å². The highest BCUT2D eigenvalue weighted by atomic mass is 16.5. The van der Waals surface area contributed by atoms with Gasteiger partial charge in [0.05, 0.1) is 7.11 Å². The van der Waals surface area contributed by atoms with Crippen LogP contribution in [0.4, 0.5) is 0 Å². The number of fused-ring (bicyclic) bond motifs is 1. The van der Waals surface area contributed by atoms with Crippen molar-refractivity contribution < 1.29 is 4.74 Å². The molecule has 0 bridgehead atoms. The van der Waals surface area contributed by atoms with E-state index in [0.29, 0.717) is 6.04 Å². The van der Waals surface area contributed by atoms with Crippen molar-refractivity contribution in [3.05, 3.63) is 29.3 Å². The summed E-state index contributed by atoms with van der Waals surface area (Å²) in [5.41, 5.74) is 2.95. The second-order valence-electron chi connectivity index (χ2n) is 5.85. The maximum Gasteiger partial charge on any atom is 0.122 e. The molecule has 0 saturated carbocycles. The largest absolute Gasteiger partial charge is 0.496 e. The van der Waals surface area contributed by atoms with Crippen molar-refractivity contribution in [3.63, 3.8) is 0 Å². The third-order valence-corrected chi connectivity index (χ3v) is 4.68. The van der Waals surface area contributed by atoms with Crippen molar-refractivity contribution in [2.45, 2.75) is 51.1 Å². The zero-order chi connectivity index (χ0) is 12.5. The van der Waals surface area contributed by atoms with Gasteiger partial charge in [-0.25, -0.2) is 0 Å². The Balaban J connectivity index is 1.79. The molecule has 1 unspecified atom stereocenters. The summed E-state index contributed by atoms with van der Waals surface area (Å²) in [4.78, 5) is 0. The second kappa shape index (κ2) is 4.93. The normalized spacial score (nSPS) is 31.1. The lowest BCUT2D eigenvalue weighted by Gasteiger charge is -2.30. The fourth-order valence-electron chi connectivity index (χ4n) is 3.65. The van der Waals surface area contributed by atoms with Crippen LogP contribution < -0.4 is 10.1 Å². The van der Waals surface area contributed by atoms with Crippen LogP contribution >= 0.6 is 0 Å². The quantitative estimate of drug-likeness (QED) is 0.865.